The van der Waals surface area contributed by atoms with E-state index in [1.165, 1.54) is 5.56 Å². The van der Waals surface area contributed by atoms with E-state index in [1.54, 1.807) is 0 Å². The SMILES string of the molecule is CC(C)(C)c1cccc(C=C(CO)B2OC(C)(C)C(C)(C)O2)c1. The minimum atomic E-state index is -0.511. The van der Waals surface area contributed by atoms with E-state index in [0.717, 1.165) is 11.0 Å². The second kappa shape index (κ2) is 6.08. The molecule has 1 aliphatic rings. The molecule has 0 unspecified atom stereocenters. The minimum Gasteiger partial charge on any atom is -0.400 e. The zero-order chi connectivity index (χ0) is 17.5. The molecule has 23 heavy (non-hydrogen) atoms. The fraction of sp³-hybridized carbons (Fsp3) is 0.579. The van der Waals surface area contributed by atoms with Crippen LogP contribution in [0.3, 0.4) is 0 Å². The van der Waals surface area contributed by atoms with Crippen molar-refractivity contribution in [2.45, 2.75) is 65.1 Å². The highest BCUT2D eigenvalue weighted by Gasteiger charge is 2.52. The summed E-state index contributed by atoms with van der Waals surface area (Å²) in [5, 5.41) is 9.79. The Bertz CT molecular complexity index is 581. The third-order valence-electron chi connectivity index (χ3n) is 4.84. The van der Waals surface area contributed by atoms with Crippen LogP contribution >= 0.6 is 0 Å². The Morgan fingerprint density at radius 1 is 1.13 bits per heavy atom. The standard InChI is InChI=1S/C19H29BO3/c1-17(2,3)15-10-8-9-14(11-15)12-16(13-21)20-22-18(4,5)19(6,7)23-20/h8-12,21H,13H2,1-7H3. The molecule has 0 bridgehead atoms. The van der Waals surface area contributed by atoms with Gasteiger partial charge in [-0.05, 0) is 49.7 Å². The lowest BCUT2D eigenvalue weighted by atomic mass is 9.77. The van der Waals surface area contributed by atoms with Crippen molar-refractivity contribution in [3.05, 3.63) is 40.9 Å². The fourth-order valence-corrected chi connectivity index (χ4v) is 2.49. The Labute approximate surface area is 140 Å². The van der Waals surface area contributed by atoms with E-state index in [0.29, 0.717) is 0 Å². The molecular weight excluding hydrogens is 287 g/mol. The van der Waals surface area contributed by atoms with Crippen molar-refractivity contribution >= 4 is 13.2 Å². The molecule has 1 aromatic rings. The van der Waals surface area contributed by atoms with Crippen LogP contribution in [-0.4, -0.2) is 30.0 Å². The molecule has 1 fully saturated rings. The maximum atomic E-state index is 9.79. The zero-order valence-corrected chi connectivity index (χ0v) is 15.4. The first-order valence-electron chi connectivity index (χ1n) is 8.24. The third kappa shape index (κ3) is 3.88. The molecule has 1 N–H and O–H groups in total. The van der Waals surface area contributed by atoms with Crippen LogP contribution in [-0.2, 0) is 14.7 Å². The molecule has 126 valence electrons. The number of hydrogen-bond donors (Lipinski definition) is 1. The number of hydrogen-bond acceptors (Lipinski definition) is 3. The van der Waals surface area contributed by atoms with Crippen LogP contribution in [0.5, 0.6) is 0 Å². The fourth-order valence-electron chi connectivity index (χ4n) is 2.49. The molecule has 3 nitrogen and oxygen atoms in total. The Morgan fingerprint density at radius 3 is 2.17 bits per heavy atom. The summed E-state index contributed by atoms with van der Waals surface area (Å²) in [5.41, 5.74) is 2.34. The van der Waals surface area contributed by atoms with Crippen molar-refractivity contribution in [1.82, 2.24) is 0 Å². The number of rotatable bonds is 3. The van der Waals surface area contributed by atoms with E-state index in [4.69, 9.17) is 9.31 Å². The maximum Gasteiger partial charge on any atom is 0.492 e. The summed E-state index contributed by atoms with van der Waals surface area (Å²) in [6, 6.07) is 8.37. The van der Waals surface area contributed by atoms with Gasteiger partial charge in [0.25, 0.3) is 0 Å². The topological polar surface area (TPSA) is 38.7 Å². The highest BCUT2D eigenvalue weighted by Crippen LogP contribution is 2.38. The minimum absolute atomic E-state index is 0.0867. The quantitative estimate of drug-likeness (QED) is 0.857. The summed E-state index contributed by atoms with van der Waals surface area (Å²) < 4.78 is 12.1. The second-order valence-corrected chi connectivity index (χ2v) is 8.34. The summed E-state index contributed by atoms with van der Waals surface area (Å²) in [5.74, 6) is 0. The van der Waals surface area contributed by atoms with E-state index in [9.17, 15) is 5.11 Å². The largest absolute Gasteiger partial charge is 0.492 e. The van der Waals surface area contributed by atoms with E-state index in [2.05, 4.69) is 32.9 Å². The van der Waals surface area contributed by atoms with Gasteiger partial charge in [-0.1, -0.05) is 51.1 Å². The molecule has 0 amide bonds. The Hall–Kier alpha value is -1.10. The summed E-state index contributed by atoms with van der Waals surface area (Å²) in [6.45, 7) is 14.6. The van der Waals surface area contributed by atoms with Crippen LogP contribution in [0.1, 0.15) is 59.6 Å². The molecule has 4 heteroatoms. The number of aliphatic hydroxyl groups excluding tert-OH is 1. The molecule has 1 aromatic carbocycles. The predicted octanol–water partition coefficient (Wildman–Crippen LogP) is 3.99. The van der Waals surface area contributed by atoms with Gasteiger partial charge in [0.2, 0.25) is 0 Å². The molecule has 0 spiro atoms. The van der Waals surface area contributed by atoms with Crippen molar-refractivity contribution in [1.29, 1.82) is 0 Å². The lowest BCUT2D eigenvalue weighted by Gasteiger charge is -2.32. The van der Waals surface area contributed by atoms with Crippen molar-refractivity contribution in [3.63, 3.8) is 0 Å². The maximum absolute atomic E-state index is 9.79. The van der Waals surface area contributed by atoms with Crippen molar-refractivity contribution < 1.29 is 14.4 Å². The van der Waals surface area contributed by atoms with Crippen LogP contribution in [0.2, 0.25) is 0 Å². The number of benzene rings is 1. The first kappa shape index (κ1) is 18.2. The normalized spacial score (nSPS) is 20.9. The van der Waals surface area contributed by atoms with Gasteiger partial charge in [-0.25, -0.2) is 0 Å². The first-order valence-corrected chi connectivity index (χ1v) is 8.24. The second-order valence-electron chi connectivity index (χ2n) is 8.34. The van der Waals surface area contributed by atoms with Crippen molar-refractivity contribution in [3.8, 4) is 0 Å². The van der Waals surface area contributed by atoms with Gasteiger partial charge in [0.15, 0.2) is 0 Å². The average molecular weight is 316 g/mol. The predicted molar refractivity (Wildman–Crippen MR) is 96.3 cm³/mol. The van der Waals surface area contributed by atoms with E-state index >= 15 is 0 Å². The van der Waals surface area contributed by atoms with Crippen LogP contribution in [0.25, 0.3) is 6.08 Å². The van der Waals surface area contributed by atoms with Gasteiger partial charge in [-0.2, -0.15) is 0 Å². The van der Waals surface area contributed by atoms with Crippen molar-refractivity contribution in [2.24, 2.45) is 0 Å². The first-order chi connectivity index (χ1) is 10.5. The Kier molecular flexibility index (Phi) is 4.82. The van der Waals surface area contributed by atoms with Crippen molar-refractivity contribution in [2.75, 3.05) is 6.61 Å². The van der Waals surface area contributed by atoms with E-state index < -0.39 is 18.3 Å². The van der Waals surface area contributed by atoms with Gasteiger partial charge in [0.1, 0.15) is 0 Å². The zero-order valence-electron chi connectivity index (χ0n) is 15.4. The van der Waals surface area contributed by atoms with Crippen LogP contribution in [0.15, 0.2) is 29.7 Å². The van der Waals surface area contributed by atoms with E-state index in [1.807, 2.05) is 45.9 Å². The third-order valence-corrected chi connectivity index (χ3v) is 4.84. The molecule has 0 aliphatic carbocycles. The Morgan fingerprint density at radius 2 is 1.70 bits per heavy atom. The van der Waals surface area contributed by atoms with Gasteiger partial charge in [-0.3, -0.25) is 0 Å². The summed E-state index contributed by atoms with van der Waals surface area (Å²) in [6.07, 6.45) is 1.97. The van der Waals surface area contributed by atoms with Gasteiger partial charge in [-0.15, -0.1) is 0 Å². The molecule has 1 saturated heterocycles. The molecule has 2 rings (SSSR count). The molecule has 1 heterocycles. The molecule has 0 saturated carbocycles. The van der Waals surface area contributed by atoms with Gasteiger partial charge in [0.05, 0.1) is 17.8 Å². The van der Waals surface area contributed by atoms with Crippen LogP contribution < -0.4 is 0 Å². The average Bonchev–Trinajstić information content (AvgIpc) is 2.64. The number of aliphatic hydroxyl groups is 1. The molecule has 0 atom stereocenters. The van der Waals surface area contributed by atoms with Gasteiger partial charge in [0, 0.05) is 0 Å². The summed E-state index contributed by atoms with van der Waals surface area (Å²) in [4.78, 5) is 0. The molecule has 0 radical (unpaired) electrons. The molecular formula is C19H29BO3. The van der Waals surface area contributed by atoms with Gasteiger partial charge < -0.3 is 14.4 Å². The smallest absolute Gasteiger partial charge is 0.400 e. The Balaban J connectivity index is 2.31. The highest BCUT2D eigenvalue weighted by atomic mass is 16.7. The summed E-state index contributed by atoms with van der Waals surface area (Å²) in [7, 11) is -0.511. The van der Waals surface area contributed by atoms with Crippen LogP contribution in [0.4, 0.5) is 0 Å². The van der Waals surface area contributed by atoms with Gasteiger partial charge >= 0.3 is 7.12 Å². The monoisotopic (exact) mass is 316 g/mol. The van der Waals surface area contributed by atoms with Crippen LogP contribution in [0, 0.1) is 0 Å². The highest BCUT2D eigenvalue weighted by molar-refractivity contribution is 6.55. The molecule has 1 aliphatic heterocycles. The molecule has 0 aromatic heterocycles. The lowest BCUT2D eigenvalue weighted by Crippen LogP contribution is -2.41. The summed E-state index contributed by atoms with van der Waals surface area (Å²) >= 11 is 0. The lowest BCUT2D eigenvalue weighted by molar-refractivity contribution is 0.00578. The van der Waals surface area contributed by atoms with E-state index in [-0.39, 0.29) is 12.0 Å².